The van der Waals surface area contributed by atoms with E-state index in [9.17, 15) is 29.4 Å². The van der Waals surface area contributed by atoms with Gasteiger partial charge in [0.25, 0.3) is 0 Å². The van der Waals surface area contributed by atoms with Gasteiger partial charge in [0.15, 0.2) is 0 Å². The van der Waals surface area contributed by atoms with Crippen molar-refractivity contribution >= 4 is 93.5 Å². The summed E-state index contributed by atoms with van der Waals surface area (Å²) in [6.07, 6.45) is 0. The van der Waals surface area contributed by atoms with Crippen LogP contribution >= 0.6 is 69.6 Å². The number of rotatable bonds is 8. The molecular formula is C24H20Cl6CuO10. The largest absolute Gasteiger partial charge is 2.00 e. The Labute approximate surface area is 275 Å². The smallest absolute Gasteiger partial charge is 0.546 e. The van der Waals surface area contributed by atoms with Crippen LogP contribution < -0.4 is 19.7 Å². The van der Waals surface area contributed by atoms with Gasteiger partial charge in [0.05, 0.1) is 42.1 Å². The van der Waals surface area contributed by atoms with Crippen molar-refractivity contribution in [2.75, 3.05) is 13.2 Å². The normalized spacial score (nSPS) is 8.98. The van der Waals surface area contributed by atoms with Gasteiger partial charge < -0.3 is 39.5 Å². The zero-order chi connectivity index (χ0) is 31.7. The molecule has 0 saturated heterocycles. The fraction of sp³-hybridized carbons (Fsp3) is 0.167. The van der Waals surface area contributed by atoms with Crippen molar-refractivity contribution in [2.45, 2.75) is 13.8 Å². The Morgan fingerprint density at radius 2 is 0.854 bits per heavy atom. The Balaban J connectivity index is -0.000000503. The van der Waals surface area contributed by atoms with Gasteiger partial charge in [-0.25, -0.2) is 9.59 Å². The van der Waals surface area contributed by atoms with Crippen LogP contribution in [0.4, 0.5) is 0 Å². The minimum absolute atomic E-state index is 0. The van der Waals surface area contributed by atoms with Crippen LogP contribution in [0, 0.1) is 0 Å². The van der Waals surface area contributed by atoms with E-state index in [2.05, 4.69) is 13.2 Å². The van der Waals surface area contributed by atoms with E-state index in [4.69, 9.17) is 89.3 Å². The predicted molar refractivity (Wildman–Crippen MR) is 149 cm³/mol. The molecule has 0 unspecified atom stereocenters. The molecule has 1 radical (unpaired) electrons. The number of halogens is 6. The summed E-state index contributed by atoms with van der Waals surface area (Å²) in [6.45, 7) is 8.03. The van der Waals surface area contributed by atoms with E-state index >= 15 is 0 Å². The molecule has 2 aromatic rings. The molecule has 0 atom stereocenters. The average molecular weight is 745 g/mol. The van der Waals surface area contributed by atoms with Crippen molar-refractivity contribution in [1.29, 1.82) is 0 Å². The van der Waals surface area contributed by atoms with E-state index in [-0.39, 0.29) is 69.8 Å². The summed E-state index contributed by atoms with van der Waals surface area (Å²) in [4.78, 5) is 39.4. The fourth-order valence-electron chi connectivity index (χ4n) is 1.50. The molecule has 17 heteroatoms. The number of carbonyl (C=O) groups is 4. The topological polar surface area (TPSA) is 173 Å². The number of aliphatic carboxylic acids is 4. The van der Waals surface area contributed by atoms with Gasteiger partial charge in [0.2, 0.25) is 0 Å². The van der Waals surface area contributed by atoms with E-state index in [1.165, 1.54) is 38.1 Å². The van der Waals surface area contributed by atoms with Crippen LogP contribution in [0.3, 0.4) is 0 Å². The molecule has 0 bridgehead atoms. The number of benzene rings is 2. The van der Waals surface area contributed by atoms with Gasteiger partial charge in [-0.15, -0.1) is 0 Å². The van der Waals surface area contributed by atoms with Crippen molar-refractivity contribution in [2.24, 2.45) is 0 Å². The molecular weight excluding hydrogens is 725 g/mol. The molecule has 0 aliphatic carbocycles. The summed E-state index contributed by atoms with van der Waals surface area (Å²) < 4.78 is 9.59. The second-order valence-electron chi connectivity index (χ2n) is 6.89. The van der Waals surface area contributed by atoms with E-state index in [1.54, 1.807) is 0 Å². The molecule has 2 N–H and O–H groups in total. The van der Waals surface area contributed by atoms with Crippen molar-refractivity contribution in [3.63, 3.8) is 0 Å². The Morgan fingerprint density at radius 1 is 0.634 bits per heavy atom. The maximum absolute atomic E-state index is 10.1. The molecule has 0 amide bonds. The van der Waals surface area contributed by atoms with E-state index in [0.29, 0.717) is 0 Å². The summed E-state index contributed by atoms with van der Waals surface area (Å²) in [5.41, 5.74) is 0.352. The molecule has 0 aliphatic rings. The molecule has 41 heavy (non-hydrogen) atoms. The molecule has 0 spiro atoms. The summed E-state index contributed by atoms with van der Waals surface area (Å²) in [5.74, 6) is -4.24. The van der Waals surface area contributed by atoms with Crippen molar-refractivity contribution in [1.82, 2.24) is 0 Å². The Morgan fingerprint density at radius 3 is 1.05 bits per heavy atom. The number of hydrogen-bond acceptors (Lipinski definition) is 8. The zero-order valence-electron chi connectivity index (χ0n) is 20.9. The van der Waals surface area contributed by atoms with Crippen molar-refractivity contribution < 1.29 is 66.1 Å². The third kappa shape index (κ3) is 21.1. The average Bonchev–Trinajstić information content (AvgIpc) is 2.83. The standard InChI is InChI=1S/2C8H5Cl3O3.2C4H6O2.Cu/c2*9-4-1-6(11)7(2-5(4)10)14-3-8(12)13;2*1-3(2)4(5)6;/h2*1-2H,3H2,(H,12,13);2*1H2,2H3,(H,5,6);/q;;;;+2/p-2. The molecule has 0 aromatic heterocycles. The quantitative estimate of drug-likeness (QED) is 0.216. The van der Waals surface area contributed by atoms with Crippen LogP contribution in [-0.4, -0.2) is 47.3 Å². The van der Waals surface area contributed by atoms with E-state index in [1.807, 2.05) is 0 Å². The van der Waals surface area contributed by atoms with Crippen molar-refractivity contribution in [3.8, 4) is 11.5 Å². The number of hydrogen-bond donors (Lipinski definition) is 2. The number of carboxylic acids is 4. The molecule has 10 nitrogen and oxygen atoms in total. The second-order valence-corrected chi connectivity index (χ2v) is 9.33. The molecule has 0 saturated carbocycles. The van der Waals surface area contributed by atoms with E-state index < -0.39 is 37.1 Å². The molecule has 2 aromatic carbocycles. The Kier molecular flexibility index (Phi) is 23.4. The predicted octanol–water partition coefficient (Wildman–Crippen LogP) is 4.84. The maximum Gasteiger partial charge on any atom is 2.00 e. The third-order valence-corrected chi connectivity index (χ3v) is 5.41. The van der Waals surface area contributed by atoms with Crippen LogP contribution in [0.5, 0.6) is 11.5 Å². The van der Waals surface area contributed by atoms with Crippen LogP contribution in [0.15, 0.2) is 48.6 Å². The summed E-state index contributed by atoms with van der Waals surface area (Å²) in [5, 5.41) is 37.4. The van der Waals surface area contributed by atoms with Crippen molar-refractivity contribution in [3.05, 3.63) is 78.7 Å². The van der Waals surface area contributed by atoms with Gasteiger partial charge in [0.1, 0.15) is 24.7 Å². The summed E-state index contributed by atoms with van der Waals surface area (Å²) in [7, 11) is 0. The van der Waals surface area contributed by atoms with Gasteiger partial charge in [0, 0.05) is 23.3 Å². The number of carboxylic acid groups (broad SMARTS) is 4. The van der Waals surface area contributed by atoms with Gasteiger partial charge in [-0.05, 0) is 26.0 Å². The maximum atomic E-state index is 10.1. The zero-order valence-corrected chi connectivity index (χ0v) is 26.3. The SMILES string of the molecule is C=C(C)C(=O)O.C=C(C)C(=O)O.O=C([O-])COc1cc(Cl)c(Cl)cc1Cl.O=C([O-])COc1cc(Cl)c(Cl)cc1Cl.[Cu+2]. The van der Waals surface area contributed by atoms with Gasteiger partial charge in [-0.3, -0.25) is 0 Å². The molecule has 2 rings (SSSR count). The van der Waals surface area contributed by atoms with Crippen LogP contribution in [0.2, 0.25) is 30.1 Å². The Hall–Kier alpha value is -2.34. The third-order valence-electron chi connectivity index (χ3n) is 3.37. The number of carbonyl (C=O) groups excluding carboxylic acids is 2. The first-order chi connectivity index (χ1) is 18.3. The molecule has 0 heterocycles. The molecule has 0 aliphatic heterocycles. The Bertz CT molecular complexity index is 1130. The summed E-state index contributed by atoms with van der Waals surface area (Å²) in [6, 6.07) is 5.43. The first-order valence-corrected chi connectivity index (χ1v) is 12.3. The van der Waals surface area contributed by atoms with Gasteiger partial charge >= 0.3 is 29.0 Å². The first kappa shape index (κ1) is 43.1. The van der Waals surface area contributed by atoms with E-state index in [0.717, 1.165) is 0 Å². The van der Waals surface area contributed by atoms with Crippen LogP contribution in [0.25, 0.3) is 0 Å². The molecule has 229 valence electrons. The van der Waals surface area contributed by atoms with Crippen LogP contribution in [-0.2, 0) is 36.2 Å². The fourth-order valence-corrected chi connectivity index (χ4v) is 2.69. The summed E-state index contributed by atoms with van der Waals surface area (Å²) >= 11 is 34.0. The monoisotopic (exact) mass is 741 g/mol. The van der Waals surface area contributed by atoms with Gasteiger partial charge in [-0.2, -0.15) is 0 Å². The van der Waals surface area contributed by atoms with Gasteiger partial charge in [-0.1, -0.05) is 82.8 Å². The second kappa shape index (κ2) is 22.3. The minimum atomic E-state index is -1.34. The minimum Gasteiger partial charge on any atom is -0.546 e. The number of ether oxygens (including phenoxy) is 2. The molecule has 0 fully saturated rings. The van der Waals surface area contributed by atoms with Crippen LogP contribution in [0.1, 0.15) is 13.8 Å². The first-order valence-electron chi connectivity index (χ1n) is 10.0.